The zero-order valence-electron chi connectivity index (χ0n) is 13.7. The number of nitrogens with zero attached hydrogens (tertiary/aromatic N) is 2. The number of benzene rings is 1. The van der Waals surface area contributed by atoms with Crippen molar-refractivity contribution in [1.29, 1.82) is 5.26 Å². The van der Waals surface area contributed by atoms with E-state index in [-0.39, 0.29) is 41.0 Å². The Balaban J connectivity index is 1.95. The number of ether oxygens (including phenoxy) is 1. The highest BCUT2D eigenvalue weighted by atomic mass is 32.2. The molecule has 0 amide bonds. The van der Waals surface area contributed by atoms with Crippen LogP contribution in [0.15, 0.2) is 29.2 Å². The van der Waals surface area contributed by atoms with E-state index >= 15 is 0 Å². The monoisotopic (exact) mass is 384 g/mol. The van der Waals surface area contributed by atoms with E-state index in [1.807, 2.05) is 6.07 Å². The SMILES string of the molecule is N#Cc1cccc(S(=O)(=O)N(C[C@H]2CCCO2)[C@@H]2CCS(=O)(=O)C2)c1. The molecule has 2 atom stereocenters. The fourth-order valence-corrected chi connectivity index (χ4v) is 6.85. The molecule has 0 radical (unpaired) electrons. The first-order valence-corrected chi connectivity index (χ1v) is 11.4. The molecular weight excluding hydrogens is 364 g/mol. The van der Waals surface area contributed by atoms with Gasteiger partial charge in [0.2, 0.25) is 10.0 Å². The van der Waals surface area contributed by atoms with E-state index in [0.29, 0.717) is 6.61 Å². The van der Waals surface area contributed by atoms with Gasteiger partial charge in [0.25, 0.3) is 0 Å². The summed E-state index contributed by atoms with van der Waals surface area (Å²) in [4.78, 5) is 0.00819. The topological polar surface area (TPSA) is 105 Å². The van der Waals surface area contributed by atoms with Crippen LogP contribution in [0.2, 0.25) is 0 Å². The highest BCUT2D eigenvalue weighted by molar-refractivity contribution is 7.92. The Hall–Kier alpha value is -1.47. The third-order valence-corrected chi connectivity index (χ3v) is 8.26. The summed E-state index contributed by atoms with van der Waals surface area (Å²) in [5.41, 5.74) is 0.247. The Morgan fingerprint density at radius 3 is 2.72 bits per heavy atom. The number of hydrogen-bond donors (Lipinski definition) is 0. The molecule has 0 saturated carbocycles. The molecule has 3 rings (SSSR count). The van der Waals surface area contributed by atoms with E-state index in [9.17, 15) is 16.8 Å². The standard InChI is InChI=1S/C16H20N2O5S2/c17-10-13-3-1-5-16(9-13)25(21,22)18(11-15-4-2-7-23-15)14-6-8-24(19,20)12-14/h1,3,5,9,14-15H,2,4,6-8,11-12H2/t14-,15-/m1/s1. The van der Waals surface area contributed by atoms with Gasteiger partial charge in [0.15, 0.2) is 9.84 Å². The molecular formula is C16H20N2O5S2. The van der Waals surface area contributed by atoms with Crippen molar-refractivity contribution in [2.45, 2.75) is 36.3 Å². The van der Waals surface area contributed by atoms with Crippen LogP contribution in [0.4, 0.5) is 0 Å². The van der Waals surface area contributed by atoms with E-state index in [2.05, 4.69) is 0 Å². The molecule has 0 unspecified atom stereocenters. The van der Waals surface area contributed by atoms with Crippen LogP contribution >= 0.6 is 0 Å². The minimum atomic E-state index is -3.92. The fourth-order valence-electron chi connectivity index (χ4n) is 3.30. The van der Waals surface area contributed by atoms with Crippen molar-refractivity contribution in [3.05, 3.63) is 29.8 Å². The maximum absolute atomic E-state index is 13.2. The van der Waals surface area contributed by atoms with Crippen molar-refractivity contribution in [2.24, 2.45) is 0 Å². The smallest absolute Gasteiger partial charge is 0.243 e. The maximum Gasteiger partial charge on any atom is 0.243 e. The van der Waals surface area contributed by atoms with E-state index < -0.39 is 25.9 Å². The summed E-state index contributed by atoms with van der Waals surface area (Å²) in [6.45, 7) is 0.727. The van der Waals surface area contributed by atoms with Gasteiger partial charge in [-0.25, -0.2) is 16.8 Å². The lowest BCUT2D eigenvalue weighted by Gasteiger charge is -2.29. The fraction of sp³-hybridized carbons (Fsp3) is 0.562. The van der Waals surface area contributed by atoms with Gasteiger partial charge < -0.3 is 4.74 Å². The molecule has 0 spiro atoms. The Kier molecular flexibility index (Phi) is 5.16. The van der Waals surface area contributed by atoms with Crippen molar-refractivity contribution in [2.75, 3.05) is 24.7 Å². The summed E-state index contributed by atoms with van der Waals surface area (Å²) in [5.74, 6) is -0.176. The van der Waals surface area contributed by atoms with E-state index in [1.165, 1.54) is 28.6 Å². The Bertz CT molecular complexity index is 883. The Labute approximate surface area is 148 Å². The van der Waals surface area contributed by atoms with Crippen molar-refractivity contribution in [3.8, 4) is 6.07 Å². The number of sulfone groups is 1. The lowest BCUT2D eigenvalue weighted by atomic mass is 10.2. The summed E-state index contributed by atoms with van der Waals surface area (Å²) in [7, 11) is -7.15. The van der Waals surface area contributed by atoms with Gasteiger partial charge in [-0.2, -0.15) is 9.57 Å². The number of hydrogen-bond acceptors (Lipinski definition) is 6. The van der Waals surface area contributed by atoms with Gasteiger partial charge in [-0.05, 0) is 37.5 Å². The first-order chi connectivity index (χ1) is 11.8. The summed E-state index contributed by atoms with van der Waals surface area (Å²) in [6, 6.07) is 7.14. The van der Waals surface area contributed by atoms with Crippen LogP contribution in [0.5, 0.6) is 0 Å². The normalized spacial score (nSPS) is 25.9. The molecule has 0 aliphatic carbocycles. The summed E-state index contributed by atoms with van der Waals surface area (Å²) >= 11 is 0. The van der Waals surface area contributed by atoms with Gasteiger partial charge in [-0.15, -0.1) is 0 Å². The molecule has 1 aromatic rings. The molecule has 2 aliphatic rings. The zero-order valence-corrected chi connectivity index (χ0v) is 15.3. The second-order valence-corrected chi connectivity index (χ2v) is 10.5. The van der Waals surface area contributed by atoms with Crippen LogP contribution in [-0.2, 0) is 24.6 Å². The van der Waals surface area contributed by atoms with E-state index in [4.69, 9.17) is 10.00 Å². The predicted molar refractivity (Wildman–Crippen MR) is 91.1 cm³/mol. The molecule has 136 valence electrons. The lowest BCUT2D eigenvalue weighted by molar-refractivity contribution is 0.0877. The summed E-state index contributed by atoms with van der Waals surface area (Å²) in [6.07, 6.45) is 1.68. The number of sulfonamides is 1. The molecule has 2 saturated heterocycles. The third kappa shape index (κ3) is 4.03. The maximum atomic E-state index is 13.2. The lowest BCUT2D eigenvalue weighted by Crippen LogP contribution is -2.45. The zero-order chi connectivity index (χ0) is 18.1. The Morgan fingerprint density at radius 2 is 2.12 bits per heavy atom. The Morgan fingerprint density at radius 1 is 1.32 bits per heavy atom. The summed E-state index contributed by atoms with van der Waals surface area (Å²) in [5, 5.41) is 9.02. The van der Waals surface area contributed by atoms with Crippen molar-refractivity contribution in [1.82, 2.24) is 4.31 Å². The minimum absolute atomic E-state index is 0.00650. The summed E-state index contributed by atoms with van der Waals surface area (Å²) < 4.78 is 56.8. The minimum Gasteiger partial charge on any atom is -0.377 e. The van der Waals surface area contributed by atoms with Crippen LogP contribution < -0.4 is 0 Å². The first-order valence-electron chi connectivity index (χ1n) is 8.16. The van der Waals surface area contributed by atoms with Crippen molar-refractivity contribution in [3.63, 3.8) is 0 Å². The first kappa shape index (κ1) is 18.3. The van der Waals surface area contributed by atoms with Crippen molar-refractivity contribution < 1.29 is 21.6 Å². The number of rotatable bonds is 5. The molecule has 1 aromatic carbocycles. The molecule has 2 heterocycles. The van der Waals surface area contributed by atoms with Crippen LogP contribution in [0, 0.1) is 11.3 Å². The van der Waals surface area contributed by atoms with Crippen molar-refractivity contribution >= 4 is 19.9 Å². The predicted octanol–water partition coefficient (Wildman–Crippen LogP) is 0.915. The highest BCUT2D eigenvalue weighted by Crippen LogP contribution is 2.27. The average Bonchev–Trinajstić information content (AvgIpc) is 3.21. The van der Waals surface area contributed by atoms with E-state index in [0.717, 1.165) is 12.8 Å². The second kappa shape index (κ2) is 7.03. The van der Waals surface area contributed by atoms with Gasteiger partial charge >= 0.3 is 0 Å². The van der Waals surface area contributed by atoms with Crippen LogP contribution in [0.25, 0.3) is 0 Å². The van der Waals surface area contributed by atoms with Crippen LogP contribution in [0.1, 0.15) is 24.8 Å². The molecule has 7 nitrogen and oxygen atoms in total. The molecule has 2 fully saturated rings. The van der Waals surface area contributed by atoms with Gasteiger partial charge in [-0.1, -0.05) is 6.07 Å². The van der Waals surface area contributed by atoms with Gasteiger partial charge in [-0.3, -0.25) is 0 Å². The second-order valence-electron chi connectivity index (χ2n) is 6.41. The molecule has 2 aliphatic heterocycles. The molecule has 0 N–H and O–H groups in total. The van der Waals surface area contributed by atoms with Gasteiger partial charge in [0.1, 0.15) is 0 Å². The van der Waals surface area contributed by atoms with Crippen LogP contribution in [0.3, 0.4) is 0 Å². The van der Waals surface area contributed by atoms with E-state index in [1.54, 1.807) is 0 Å². The average molecular weight is 384 g/mol. The molecule has 0 bridgehead atoms. The molecule has 0 aromatic heterocycles. The number of nitriles is 1. The van der Waals surface area contributed by atoms with Gasteiger partial charge in [0, 0.05) is 19.2 Å². The third-order valence-electron chi connectivity index (χ3n) is 4.59. The quantitative estimate of drug-likeness (QED) is 0.747. The largest absolute Gasteiger partial charge is 0.377 e. The molecule has 25 heavy (non-hydrogen) atoms. The van der Waals surface area contributed by atoms with Crippen LogP contribution in [-0.4, -0.2) is 57.9 Å². The highest BCUT2D eigenvalue weighted by Gasteiger charge is 2.40. The van der Waals surface area contributed by atoms with Gasteiger partial charge in [0.05, 0.1) is 34.1 Å². The molecule has 9 heteroatoms.